The SMILES string of the molecule is NC(=O)NCC1CCCN(C(=O)OCC(F)(F)F)C1. The Morgan fingerprint density at radius 3 is 2.68 bits per heavy atom. The first-order chi connectivity index (χ1) is 8.78. The van der Waals surface area contributed by atoms with Gasteiger partial charge in [0.15, 0.2) is 6.61 Å². The van der Waals surface area contributed by atoms with Crippen molar-refractivity contribution in [3.05, 3.63) is 0 Å². The summed E-state index contributed by atoms with van der Waals surface area (Å²) in [5.41, 5.74) is 4.92. The number of piperidine rings is 1. The molecule has 1 atom stereocenters. The lowest BCUT2D eigenvalue weighted by Gasteiger charge is -2.32. The first-order valence-corrected chi connectivity index (χ1v) is 5.79. The minimum Gasteiger partial charge on any atom is -0.440 e. The zero-order valence-electron chi connectivity index (χ0n) is 10.2. The highest BCUT2D eigenvalue weighted by molar-refractivity contribution is 5.71. The predicted octanol–water partition coefficient (Wildman–Crippen LogP) is 1.07. The van der Waals surface area contributed by atoms with E-state index in [-0.39, 0.29) is 12.5 Å². The van der Waals surface area contributed by atoms with Gasteiger partial charge in [-0.15, -0.1) is 0 Å². The van der Waals surface area contributed by atoms with Crippen molar-refractivity contribution in [3.63, 3.8) is 0 Å². The first kappa shape index (κ1) is 15.4. The van der Waals surface area contributed by atoms with Crippen molar-refractivity contribution in [3.8, 4) is 0 Å². The van der Waals surface area contributed by atoms with E-state index in [1.807, 2.05) is 0 Å². The number of hydrogen-bond acceptors (Lipinski definition) is 3. The van der Waals surface area contributed by atoms with Crippen LogP contribution in [0.1, 0.15) is 12.8 Å². The highest BCUT2D eigenvalue weighted by atomic mass is 19.4. The van der Waals surface area contributed by atoms with Gasteiger partial charge in [-0.3, -0.25) is 0 Å². The zero-order valence-corrected chi connectivity index (χ0v) is 10.2. The number of primary amides is 1. The molecule has 1 unspecified atom stereocenters. The largest absolute Gasteiger partial charge is 0.440 e. The summed E-state index contributed by atoms with van der Waals surface area (Å²) in [5, 5.41) is 2.41. The number of hydrogen-bond donors (Lipinski definition) is 2. The van der Waals surface area contributed by atoms with Crippen LogP contribution in [0.2, 0.25) is 0 Å². The third kappa shape index (κ3) is 6.16. The second-order valence-electron chi connectivity index (χ2n) is 4.37. The molecular weight excluding hydrogens is 267 g/mol. The van der Waals surface area contributed by atoms with Crippen LogP contribution >= 0.6 is 0 Å². The van der Waals surface area contributed by atoms with E-state index in [1.165, 1.54) is 4.90 Å². The highest BCUT2D eigenvalue weighted by Gasteiger charge is 2.32. The van der Waals surface area contributed by atoms with Crippen LogP contribution in [0.5, 0.6) is 0 Å². The average Bonchev–Trinajstić information content (AvgIpc) is 2.33. The molecule has 0 radical (unpaired) electrons. The molecule has 0 spiro atoms. The second-order valence-corrected chi connectivity index (χ2v) is 4.37. The molecule has 110 valence electrons. The number of likely N-dealkylation sites (tertiary alicyclic amines) is 1. The summed E-state index contributed by atoms with van der Waals surface area (Å²) in [5.74, 6) is -0.0281. The lowest BCUT2D eigenvalue weighted by Crippen LogP contribution is -2.45. The summed E-state index contributed by atoms with van der Waals surface area (Å²) in [6.45, 7) is -0.703. The predicted molar refractivity (Wildman–Crippen MR) is 59.3 cm³/mol. The smallest absolute Gasteiger partial charge is 0.422 e. The minimum absolute atomic E-state index is 0.0281. The van der Waals surface area contributed by atoms with E-state index in [0.717, 1.165) is 6.42 Å². The molecule has 0 aliphatic carbocycles. The summed E-state index contributed by atoms with van der Waals surface area (Å²) in [7, 11) is 0. The molecule has 0 bridgehead atoms. The van der Waals surface area contributed by atoms with E-state index in [9.17, 15) is 22.8 Å². The van der Waals surface area contributed by atoms with Crippen LogP contribution in [-0.2, 0) is 4.74 Å². The van der Waals surface area contributed by atoms with Crippen LogP contribution < -0.4 is 11.1 Å². The van der Waals surface area contributed by atoms with Gasteiger partial charge in [-0.2, -0.15) is 13.2 Å². The van der Waals surface area contributed by atoms with Gasteiger partial charge in [0.1, 0.15) is 0 Å². The fraction of sp³-hybridized carbons (Fsp3) is 0.800. The van der Waals surface area contributed by atoms with E-state index in [4.69, 9.17) is 5.73 Å². The topological polar surface area (TPSA) is 84.7 Å². The number of nitrogens with zero attached hydrogens (tertiary/aromatic N) is 1. The monoisotopic (exact) mass is 283 g/mol. The molecule has 1 heterocycles. The van der Waals surface area contributed by atoms with Crippen molar-refractivity contribution >= 4 is 12.1 Å². The van der Waals surface area contributed by atoms with Gasteiger partial charge in [0.05, 0.1) is 0 Å². The van der Waals surface area contributed by atoms with Crippen LogP contribution in [0.25, 0.3) is 0 Å². The summed E-state index contributed by atoms with van der Waals surface area (Å²) in [6, 6.07) is -0.670. The number of halogens is 3. The van der Waals surface area contributed by atoms with Gasteiger partial charge in [-0.05, 0) is 18.8 Å². The molecule has 0 aromatic rings. The van der Waals surface area contributed by atoms with Gasteiger partial charge in [-0.1, -0.05) is 0 Å². The number of ether oxygens (including phenoxy) is 1. The average molecular weight is 283 g/mol. The molecule has 0 aromatic carbocycles. The van der Waals surface area contributed by atoms with Crippen molar-refractivity contribution in [2.45, 2.75) is 19.0 Å². The molecule has 1 aliphatic rings. The Kier molecular flexibility index (Phi) is 5.25. The normalized spacial score (nSPS) is 19.9. The molecule has 6 nitrogen and oxygen atoms in total. The minimum atomic E-state index is -4.53. The fourth-order valence-electron chi connectivity index (χ4n) is 1.88. The molecular formula is C10H16F3N3O3. The highest BCUT2D eigenvalue weighted by Crippen LogP contribution is 2.19. The molecule has 1 fully saturated rings. The Hall–Kier alpha value is -1.67. The quantitative estimate of drug-likeness (QED) is 0.812. The van der Waals surface area contributed by atoms with Gasteiger partial charge in [-0.25, -0.2) is 9.59 Å². The maximum absolute atomic E-state index is 11.9. The number of carbonyl (C=O) groups is 2. The third-order valence-electron chi connectivity index (χ3n) is 2.70. The Bertz CT molecular complexity index is 336. The molecule has 3 amide bonds. The molecule has 19 heavy (non-hydrogen) atoms. The lowest BCUT2D eigenvalue weighted by molar-refractivity contribution is -0.162. The van der Waals surface area contributed by atoms with Crippen LogP contribution in [0.3, 0.4) is 0 Å². The summed E-state index contributed by atoms with van der Waals surface area (Å²) < 4.78 is 39.9. The molecule has 1 rings (SSSR count). The first-order valence-electron chi connectivity index (χ1n) is 5.79. The van der Waals surface area contributed by atoms with Crippen LogP contribution in [0.15, 0.2) is 0 Å². The zero-order chi connectivity index (χ0) is 14.5. The number of rotatable bonds is 3. The summed E-state index contributed by atoms with van der Waals surface area (Å²) >= 11 is 0. The number of amides is 3. The van der Waals surface area contributed by atoms with Crippen LogP contribution in [-0.4, -0.2) is 49.4 Å². The lowest BCUT2D eigenvalue weighted by atomic mass is 9.98. The third-order valence-corrected chi connectivity index (χ3v) is 2.70. The number of nitrogens with one attached hydrogen (secondary N) is 1. The molecule has 3 N–H and O–H groups in total. The molecule has 1 saturated heterocycles. The van der Waals surface area contributed by atoms with Crippen molar-refractivity contribution in [2.24, 2.45) is 11.7 Å². The number of urea groups is 1. The summed E-state index contributed by atoms with van der Waals surface area (Å²) in [4.78, 5) is 23.2. The maximum atomic E-state index is 11.9. The number of carbonyl (C=O) groups excluding carboxylic acids is 2. The van der Waals surface area contributed by atoms with E-state index < -0.39 is 24.9 Å². The molecule has 0 saturated carbocycles. The Morgan fingerprint density at radius 2 is 2.11 bits per heavy atom. The standard InChI is InChI=1S/C10H16F3N3O3/c11-10(12,13)6-19-9(18)16-3-1-2-7(5-16)4-15-8(14)17/h7H,1-6H2,(H3,14,15,17). The van der Waals surface area contributed by atoms with Crippen molar-refractivity contribution in [2.75, 3.05) is 26.2 Å². The van der Waals surface area contributed by atoms with Crippen molar-refractivity contribution in [1.82, 2.24) is 10.2 Å². The van der Waals surface area contributed by atoms with E-state index >= 15 is 0 Å². The van der Waals surface area contributed by atoms with Crippen molar-refractivity contribution < 1.29 is 27.5 Å². The second kappa shape index (κ2) is 6.48. The van der Waals surface area contributed by atoms with Crippen molar-refractivity contribution in [1.29, 1.82) is 0 Å². The fourth-order valence-corrected chi connectivity index (χ4v) is 1.88. The summed E-state index contributed by atoms with van der Waals surface area (Å²) in [6.07, 6.45) is -4.10. The van der Waals surface area contributed by atoms with Gasteiger partial charge in [0.25, 0.3) is 0 Å². The van der Waals surface area contributed by atoms with E-state index in [0.29, 0.717) is 19.5 Å². The molecule has 9 heteroatoms. The number of alkyl halides is 3. The molecule has 0 aromatic heterocycles. The van der Waals surface area contributed by atoms with Gasteiger partial charge >= 0.3 is 18.3 Å². The molecule has 1 aliphatic heterocycles. The van der Waals surface area contributed by atoms with Crippen LogP contribution in [0.4, 0.5) is 22.8 Å². The Labute approximate surface area is 108 Å². The van der Waals surface area contributed by atoms with Gasteiger partial charge in [0, 0.05) is 19.6 Å². The maximum Gasteiger partial charge on any atom is 0.422 e. The van der Waals surface area contributed by atoms with Gasteiger partial charge < -0.3 is 20.7 Å². The Morgan fingerprint density at radius 1 is 1.42 bits per heavy atom. The Balaban J connectivity index is 2.37. The van der Waals surface area contributed by atoms with E-state index in [2.05, 4.69) is 10.1 Å². The van der Waals surface area contributed by atoms with Gasteiger partial charge in [0.2, 0.25) is 0 Å². The number of nitrogens with two attached hydrogens (primary N) is 1. The van der Waals surface area contributed by atoms with E-state index in [1.54, 1.807) is 0 Å². The van der Waals surface area contributed by atoms with Crippen LogP contribution in [0, 0.1) is 5.92 Å².